The van der Waals surface area contributed by atoms with Crippen molar-refractivity contribution < 1.29 is 8.42 Å². The number of hydrogen-bond acceptors (Lipinski definition) is 4. The summed E-state index contributed by atoms with van der Waals surface area (Å²) in [5.41, 5.74) is 4.92. The zero-order valence-corrected chi connectivity index (χ0v) is 18.5. The highest BCUT2D eigenvalue weighted by atomic mass is 32.2. The first-order valence-corrected chi connectivity index (χ1v) is 12.1. The maximum Gasteiger partial charge on any atom is 0.228 e. The fraction of sp³-hybridized carbons (Fsp3) is 0.375. The summed E-state index contributed by atoms with van der Waals surface area (Å²) in [5.74, 6) is 0. The quantitative estimate of drug-likeness (QED) is 0.579. The summed E-state index contributed by atoms with van der Waals surface area (Å²) >= 11 is 0. The van der Waals surface area contributed by atoms with Gasteiger partial charge in [0, 0.05) is 26.2 Å². The molecule has 0 atom stereocenters. The average Bonchev–Trinajstić information content (AvgIpc) is 3.16. The van der Waals surface area contributed by atoms with E-state index in [4.69, 9.17) is 0 Å². The van der Waals surface area contributed by atoms with Crippen molar-refractivity contribution in [2.24, 2.45) is 0 Å². The Balaban J connectivity index is 1.60. The number of aromatic nitrogens is 2. The standard InChI is InChI=1S/C24H29N3O2S/c1-19(2)30(28,29)24-25-16-23(27(24)15-12-20-8-4-3-5-9-20)18-26-14-13-21-10-6-7-11-22(21)17-26/h3-11,16,19H,12-15,17-18H2,1-2H3. The van der Waals surface area contributed by atoms with Crippen molar-refractivity contribution in [2.75, 3.05) is 6.54 Å². The van der Waals surface area contributed by atoms with E-state index in [-0.39, 0.29) is 5.16 Å². The molecule has 2 aromatic carbocycles. The maximum absolute atomic E-state index is 12.9. The highest BCUT2D eigenvalue weighted by molar-refractivity contribution is 7.91. The summed E-state index contributed by atoms with van der Waals surface area (Å²) in [6, 6.07) is 18.7. The topological polar surface area (TPSA) is 55.2 Å². The summed E-state index contributed by atoms with van der Waals surface area (Å²) in [6.45, 7) is 6.58. The van der Waals surface area contributed by atoms with E-state index >= 15 is 0 Å². The van der Waals surface area contributed by atoms with Gasteiger partial charge in [0.05, 0.1) is 17.1 Å². The molecule has 0 bridgehead atoms. The molecule has 2 heterocycles. The number of rotatable bonds is 7. The van der Waals surface area contributed by atoms with Crippen LogP contribution in [0.15, 0.2) is 66.0 Å². The van der Waals surface area contributed by atoms with Crippen molar-refractivity contribution in [3.8, 4) is 0 Å². The van der Waals surface area contributed by atoms with Gasteiger partial charge in [-0.25, -0.2) is 13.4 Å². The highest BCUT2D eigenvalue weighted by Gasteiger charge is 2.27. The fourth-order valence-electron chi connectivity index (χ4n) is 4.00. The van der Waals surface area contributed by atoms with E-state index in [0.717, 1.165) is 31.6 Å². The van der Waals surface area contributed by atoms with Crippen LogP contribution in [0.2, 0.25) is 0 Å². The van der Waals surface area contributed by atoms with Crippen molar-refractivity contribution >= 4 is 9.84 Å². The molecule has 0 aliphatic carbocycles. The molecule has 1 aromatic heterocycles. The Morgan fingerprint density at radius 1 is 1.00 bits per heavy atom. The van der Waals surface area contributed by atoms with Gasteiger partial charge < -0.3 is 4.57 Å². The lowest BCUT2D eigenvalue weighted by Crippen LogP contribution is -2.31. The molecule has 5 nitrogen and oxygen atoms in total. The van der Waals surface area contributed by atoms with Crippen molar-refractivity contribution in [3.63, 3.8) is 0 Å². The molecule has 0 spiro atoms. The second-order valence-electron chi connectivity index (χ2n) is 8.24. The van der Waals surface area contributed by atoms with Gasteiger partial charge in [0.15, 0.2) is 0 Å². The van der Waals surface area contributed by atoms with Crippen LogP contribution in [0, 0.1) is 0 Å². The molecule has 0 saturated carbocycles. The molecule has 4 rings (SSSR count). The van der Waals surface area contributed by atoms with Crippen molar-refractivity contribution in [2.45, 2.75) is 56.7 Å². The number of imidazole rings is 1. The molecule has 0 amide bonds. The second-order valence-corrected chi connectivity index (χ2v) is 10.6. The molecule has 0 N–H and O–H groups in total. The van der Waals surface area contributed by atoms with Crippen LogP contribution in [-0.4, -0.2) is 34.7 Å². The van der Waals surface area contributed by atoms with Gasteiger partial charge in [-0.2, -0.15) is 0 Å². The molecule has 1 aliphatic heterocycles. The third-order valence-electron chi connectivity index (χ3n) is 5.84. The van der Waals surface area contributed by atoms with Crippen LogP contribution < -0.4 is 0 Å². The van der Waals surface area contributed by atoms with E-state index < -0.39 is 15.1 Å². The number of fused-ring (bicyclic) bond motifs is 1. The molecule has 3 aromatic rings. The smallest absolute Gasteiger partial charge is 0.228 e. The van der Waals surface area contributed by atoms with Crippen LogP contribution in [0.3, 0.4) is 0 Å². The Hall–Kier alpha value is -2.44. The minimum absolute atomic E-state index is 0.195. The lowest BCUT2D eigenvalue weighted by molar-refractivity contribution is 0.238. The zero-order valence-electron chi connectivity index (χ0n) is 17.7. The minimum Gasteiger partial charge on any atom is -0.317 e. The molecule has 158 valence electrons. The van der Waals surface area contributed by atoms with E-state index in [9.17, 15) is 8.42 Å². The Kier molecular flexibility index (Phi) is 6.06. The first-order chi connectivity index (χ1) is 14.4. The number of aryl methyl sites for hydroxylation is 1. The number of benzene rings is 2. The summed E-state index contributed by atoms with van der Waals surface area (Å²) in [4.78, 5) is 6.76. The third kappa shape index (κ3) is 4.35. The van der Waals surface area contributed by atoms with Crippen molar-refractivity contribution in [3.05, 3.63) is 83.2 Å². The predicted molar refractivity (Wildman–Crippen MR) is 119 cm³/mol. The average molecular weight is 424 g/mol. The number of nitrogens with zero attached hydrogens (tertiary/aromatic N) is 3. The lowest BCUT2D eigenvalue weighted by Gasteiger charge is -2.29. The van der Waals surface area contributed by atoms with Gasteiger partial charge in [0.2, 0.25) is 15.0 Å². The fourth-order valence-corrected chi connectivity index (χ4v) is 5.14. The largest absolute Gasteiger partial charge is 0.317 e. The molecule has 30 heavy (non-hydrogen) atoms. The monoisotopic (exact) mass is 423 g/mol. The van der Waals surface area contributed by atoms with E-state index in [2.05, 4.69) is 46.3 Å². The van der Waals surface area contributed by atoms with Gasteiger partial charge in [0.25, 0.3) is 0 Å². The number of sulfone groups is 1. The molecule has 1 aliphatic rings. The van der Waals surface area contributed by atoms with Gasteiger partial charge in [-0.1, -0.05) is 54.6 Å². The maximum atomic E-state index is 12.9. The number of hydrogen-bond donors (Lipinski definition) is 0. The molecule has 0 fully saturated rings. The SMILES string of the molecule is CC(C)S(=O)(=O)c1ncc(CN2CCc3ccccc3C2)n1CCc1ccccc1. The van der Waals surface area contributed by atoms with Crippen LogP contribution >= 0.6 is 0 Å². The predicted octanol–water partition coefficient (Wildman–Crippen LogP) is 3.87. The van der Waals surface area contributed by atoms with Crippen LogP contribution in [0.1, 0.15) is 36.2 Å². The van der Waals surface area contributed by atoms with E-state index in [1.807, 2.05) is 22.8 Å². The Bertz CT molecular complexity index is 1100. The normalized spacial score (nSPS) is 14.8. The summed E-state index contributed by atoms with van der Waals surface area (Å²) in [7, 11) is -3.45. The van der Waals surface area contributed by atoms with Gasteiger partial charge in [-0.05, 0) is 43.4 Å². The van der Waals surface area contributed by atoms with E-state index in [1.165, 1.54) is 16.7 Å². The van der Waals surface area contributed by atoms with Crippen molar-refractivity contribution in [1.82, 2.24) is 14.5 Å². The second kappa shape index (κ2) is 8.74. The Morgan fingerprint density at radius 3 is 2.43 bits per heavy atom. The first-order valence-electron chi connectivity index (χ1n) is 10.6. The Morgan fingerprint density at radius 2 is 1.70 bits per heavy atom. The molecule has 6 heteroatoms. The first kappa shape index (κ1) is 20.8. The molecule has 0 saturated heterocycles. The summed E-state index contributed by atoms with van der Waals surface area (Å²) in [5, 5.41) is -0.300. The van der Waals surface area contributed by atoms with E-state index in [1.54, 1.807) is 20.0 Å². The van der Waals surface area contributed by atoms with Crippen LogP contribution in [-0.2, 0) is 42.3 Å². The van der Waals surface area contributed by atoms with Gasteiger partial charge >= 0.3 is 0 Å². The van der Waals surface area contributed by atoms with Crippen LogP contribution in [0.25, 0.3) is 0 Å². The van der Waals surface area contributed by atoms with Gasteiger partial charge in [-0.3, -0.25) is 4.90 Å². The zero-order chi connectivity index (χ0) is 21.1. The highest BCUT2D eigenvalue weighted by Crippen LogP contribution is 2.23. The molecule has 0 unspecified atom stereocenters. The summed E-state index contributed by atoms with van der Waals surface area (Å²) in [6.07, 6.45) is 3.54. The minimum atomic E-state index is -3.45. The molecule has 0 radical (unpaired) electrons. The van der Waals surface area contributed by atoms with Crippen molar-refractivity contribution in [1.29, 1.82) is 0 Å². The van der Waals surface area contributed by atoms with Gasteiger partial charge in [0.1, 0.15) is 0 Å². The molecular weight excluding hydrogens is 394 g/mol. The van der Waals surface area contributed by atoms with Crippen LogP contribution in [0.5, 0.6) is 0 Å². The third-order valence-corrected chi connectivity index (χ3v) is 7.91. The lowest BCUT2D eigenvalue weighted by atomic mass is 10.00. The Labute approximate surface area is 179 Å². The molecular formula is C24H29N3O2S. The van der Waals surface area contributed by atoms with E-state index in [0.29, 0.717) is 13.1 Å². The van der Waals surface area contributed by atoms with Crippen LogP contribution in [0.4, 0.5) is 0 Å². The summed E-state index contributed by atoms with van der Waals surface area (Å²) < 4.78 is 27.8. The van der Waals surface area contributed by atoms with Gasteiger partial charge in [-0.15, -0.1) is 0 Å².